The van der Waals surface area contributed by atoms with Crippen molar-refractivity contribution in [3.8, 4) is 11.4 Å². The van der Waals surface area contributed by atoms with Crippen molar-refractivity contribution in [3.63, 3.8) is 0 Å². The van der Waals surface area contributed by atoms with Crippen LogP contribution in [0.5, 0.6) is 0 Å². The molecule has 4 rings (SSSR count). The maximum absolute atomic E-state index is 12.4. The molecule has 7 nitrogen and oxygen atoms in total. The fourth-order valence-corrected chi connectivity index (χ4v) is 4.86. The molecule has 1 aliphatic carbocycles. The second-order valence-electron chi connectivity index (χ2n) is 8.03. The van der Waals surface area contributed by atoms with Crippen LogP contribution in [0.3, 0.4) is 0 Å². The Labute approximate surface area is 180 Å². The molecule has 0 bridgehead atoms. The zero-order valence-electron chi connectivity index (χ0n) is 17.6. The van der Waals surface area contributed by atoms with Crippen LogP contribution < -0.4 is 5.32 Å². The van der Waals surface area contributed by atoms with Gasteiger partial charge in [0.25, 0.3) is 0 Å². The molecule has 0 spiro atoms. The van der Waals surface area contributed by atoms with E-state index in [1.54, 1.807) is 13.0 Å². The van der Waals surface area contributed by atoms with Gasteiger partial charge >= 0.3 is 0 Å². The third-order valence-corrected chi connectivity index (χ3v) is 6.51. The molecule has 1 aromatic carbocycles. The Morgan fingerprint density at radius 1 is 1.23 bits per heavy atom. The van der Waals surface area contributed by atoms with E-state index in [1.165, 1.54) is 36.6 Å². The first-order valence-electron chi connectivity index (χ1n) is 10.4. The van der Waals surface area contributed by atoms with E-state index in [2.05, 4.69) is 57.3 Å². The molecule has 0 aliphatic heterocycles. The predicted molar refractivity (Wildman–Crippen MR) is 117 cm³/mol. The molecule has 2 heterocycles. The number of rotatable bonds is 6. The number of nitrogens with zero attached hydrogens (tertiary/aromatic N) is 4. The Balaban J connectivity index is 1.58. The second kappa shape index (κ2) is 9.04. The molecule has 3 aromatic rings. The van der Waals surface area contributed by atoms with Gasteiger partial charge < -0.3 is 9.84 Å². The first-order valence-corrected chi connectivity index (χ1v) is 11.4. The quantitative estimate of drug-likeness (QED) is 0.557. The van der Waals surface area contributed by atoms with E-state index in [-0.39, 0.29) is 11.7 Å². The first kappa shape index (κ1) is 20.7. The highest BCUT2D eigenvalue weighted by molar-refractivity contribution is 7.99. The number of carbonyl (C=O) groups excluding carboxylic acids is 1. The van der Waals surface area contributed by atoms with Gasteiger partial charge in [0.15, 0.2) is 16.8 Å². The van der Waals surface area contributed by atoms with Crippen LogP contribution >= 0.6 is 11.8 Å². The van der Waals surface area contributed by atoms with E-state index in [0.717, 1.165) is 23.0 Å². The van der Waals surface area contributed by atoms with Crippen molar-refractivity contribution < 1.29 is 9.32 Å². The molecule has 1 fully saturated rings. The van der Waals surface area contributed by atoms with Gasteiger partial charge in [-0.2, -0.15) is 0 Å². The zero-order chi connectivity index (χ0) is 21.1. The number of aromatic nitrogens is 4. The van der Waals surface area contributed by atoms with Crippen molar-refractivity contribution in [2.75, 3.05) is 11.1 Å². The molecule has 0 radical (unpaired) electrons. The van der Waals surface area contributed by atoms with Crippen molar-refractivity contribution in [2.24, 2.45) is 5.92 Å². The van der Waals surface area contributed by atoms with Crippen LogP contribution in [0.15, 0.2) is 40.0 Å². The van der Waals surface area contributed by atoms with Gasteiger partial charge in [-0.15, -0.1) is 10.2 Å². The molecular formula is C22H27N5O2S. The number of hydrogen-bond acceptors (Lipinski definition) is 6. The summed E-state index contributed by atoms with van der Waals surface area (Å²) in [7, 11) is 0. The number of benzene rings is 1. The lowest BCUT2D eigenvalue weighted by atomic mass is 9.85. The zero-order valence-corrected chi connectivity index (χ0v) is 18.4. The average Bonchev–Trinajstić information content (AvgIpc) is 3.33. The van der Waals surface area contributed by atoms with Gasteiger partial charge in [-0.05, 0) is 38.7 Å². The number of thioether (sulfide) groups is 1. The van der Waals surface area contributed by atoms with Gasteiger partial charge in [0.2, 0.25) is 5.91 Å². The number of carbonyl (C=O) groups is 1. The Morgan fingerprint density at radius 2 is 2.07 bits per heavy atom. The van der Waals surface area contributed by atoms with Crippen molar-refractivity contribution >= 4 is 23.5 Å². The normalized spacial score (nSPS) is 19.0. The number of anilines is 1. The minimum absolute atomic E-state index is 0.142. The standard InChI is InChI=1S/C22H27N5O2S/c1-14-7-6-9-17(11-14)21-24-25-22(27(21)18-10-5-4-8-15(18)2)30-13-20(28)23-19-12-16(3)29-26-19/h6-7,9,11-12,15,18H,4-5,8,10,13H2,1-3H3,(H,23,26,28)/t15-,18+/m0/s1. The van der Waals surface area contributed by atoms with E-state index in [4.69, 9.17) is 4.52 Å². The van der Waals surface area contributed by atoms with E-state index in [1.807, 2.05) is 6.07 Å². The first-order chi connectivity index (χ1) is 14.5. The monoisotopic (exact) mass is 425 g/mol. The summed E-state index contributed by atoms with van der Waals surface area (Å²) in [5.74, 6) is 2.61. The Morgan fingerprint density at radius 3 is 2.80 bits per heavy atom. The molecule has 1 saturated carbocycles. The number of nitrogens with one attached hydrogen (secondary N) is 1. The lowest BCUT2D eigenvalue weighted by Crippen LogP contribution is -2.23. The smallest absolute Gasteiger partial charge is 0.236 e. The topological polar surface area (TPSA) is 85.8 Å². The molecule has 30 heavy (non-hydrogen) atoms. The SMILES string of the molecule is Cc1cccc(-c2nnc(SCC(=O)Nc3cc(C)on3)n2[C@@H]2CCCC[C@@H]2C)c1. The summed E-state index contributed by atoms with van der Waals surface area (Å²) >= 11 is 1.42. The van der Waals surface area contributed by atoms with E-state index >= 15 is 0 Å². The minimum atomic E-state index is -0.142. The molecular weight excluding hydrogens is 398 g/mol. The lowest BCUT2D eigenvalue weighted by Gasteiger charge is -2.31. The van der Waals surface area contributed by atoms with E-state index in [9.17, 15) is 4.79 Å². The number of aryl methyl sites for hydroxylation is 2. The summed E-state index contributed by atoms with van der Waals surface area (Å²) in [5.41, 5.74) is 2.25. The molecule has 0 saturated heterocycles. The molecule has 0 unspecified atom stereocenters. The van der Waals surface area contributed by atoms with Gasteiger partial charge in [-0.1, -0.05) is 60.4 Å². The van der Waals surface area contributed by atoms with E-state index < -0.39 is 0 Å². The summed E-state index contributed by atoms with van der Waals surface area (Å²) in [6, 6.07) is 10.4. The molecule has 2 atom stereocenters. The fraction of sp³-hybridized carbons (Fsp3) is 0.455. The molecule has 1 N–H and O–H groups in total. The second-order valence-corrected chi connectivity index (χ2v) is 8.98. The van der Waals surface area contributed by atoms with Crippen LogP contribution in [0.4, 0.5) is 5.82 Å². The fourth-order valence-electron chi connectivity index (χ4n) is 4.07. The third-order valence-electron chi connectivity index (χ3n) is 5.57. The van der Waals surface area contributed by atoms with Crippen molar-refractivity contribution in [1.29, 1.82) is 0 Å². The summed E-state index contributed by atoms with van der Waals surface area (Å²) in [4.78, 5) is 12.4. The van der Waals surface area contributed by atoms with Gasteiger partial charge in [-0.25, -0.2) is 0 Å². The van der Waals surface area contributed by atoms with Gasteiger partial charge in [0, 0.05) is 17.7 Å². The summed E-state index contributed by atoms with van der Waals surface area (Å²) in [6.45, 7) is 6.18. The predicted octanol–water partition coefficient (Wildman–Crippen LogP) is 5.03. The average molecular weight is 426 g/mol. The van der Waals surface area contributed by atoms with Gasteiger partial charge in [-0.3, -0.25) is 9.36 Å². The van der Waals surface area contributed by atoms with E-state index in [0.29, 0.717) is 23.5 Å². The van der Waals surface area contributed by atoms with Crippen LogP contribution in [0.25, 0.3) is 11.4 Å². The summed E-state index contributed by atoms with van der Waals surface area (Å²) < 4.78 is 7.26. The van der Waals surface area contributed by atoms with Crippen LogP contribution in [-0.4, -0.2) is 31.6 Å². The number of amides is 1. The Bertz CT molecular complexity index is 1030. The molecule has 1 amide bonds. The van der Waals surface area contributed by atoms with Gasteiger partial charge in [0.05, 0.1) is 5.75 Å². The molecule has 158 valence electrons. The Kier molecular flexibility index (Phi) is 6.22. The van der Waals surface area contributed by atoms with Crippen molar-refractivity contribution in [1.82, 2.24) is 19.9 Å². The minimum Gasteiger partial charge on any atom is -0.360 e. The maximum Gasteiger partial charge on any atom is 0.236 e. The summed E-state index contributed by atoms with van der Waals surface area (Å²) in [5, 5.41) is 16.4. The van der Waals surface area contributed by atoms with Gasteiger partial charge in [0.1, 0.15) is 5.76 Å². The molecule has 2 aromatic heterocycles. The largest absolute Gasteiger partial charge is 0.360 e. The Hall–Kier alpha value is -2.61. The highest BCUT2D eigenvalue weighted by atomic mass is 32.2. The highest BCUT2D eigenvalue weighted by Gasteiger charge is 2.29. The molecule has 1 aliphatic rings. The summed E-state index contributed by atoms with van der Waals surface area (Å²) in [6.07, 6.45) is 4.78. The third kappa shape index (κ3) is 4.59. The highest BCUT2D eigenvalue weighted by Crippen LogP contribution is 2.39. The van der Waals surface area contributed by atoms with Crippen LogP contribution in [0, 0.1) is 19.8 Å². The maximum atomic E-state index is 12.4. The number of hydrogen-bond donors (Lipinski definition) is 1. The van der Waals surface area contributed by atoms with Crippen molar-refractivity contribution in [2.45, 2.75) is 57.7 Å². The lowest BCUT2D eigenvalue weighted by molar-refractivity contribution is -0.113. The molecule has 8 heteroatoms. The van der Waals surface area contributed by atoms with Crippen LogP contribution in [0.1, 0.15) is 50.0 Å². The van der Waals surface area contributed by atoms with Crippen LogP contribution in [-0.2, 0) is 4.79 Å². The van der Waals surface area contributed by atoms with Crippen LogP contribution in [0.2, 0.25) is 0 Å². The van der Waals surface area contributed by atoms with Crippen molar-refractivity contribution in [3.05, 3.63) is 41.7 Å².